The third-order valence-corrected chi connectivity index (χ3v) is 3.70. The van der Waals surface area contributed by atoms with Gasteiger partial charge in [-0.2, -0.15) is 0 Å². The first-order valence-corrected chi connectivity index (χ1v) is 7.82. The monoisotopic (exact) mass is 309 g/mol. The Bertz CT molecular complexity index is 488. The number of unbranched alkanes of at least 4 members (excludes halogenated alkanes) is 1. The number of ether oxygens (including phenoxy) is 1. The van der Waals surface area contributed by atoms with Gasteiger partial charge in [-0.3, -0.25) is 14.7 Å². The molecule has 2 rings (SSSR count). The lowest BCUT2D eigenvalue weighted by Crippen LogP contribution is -2.45. The summed E-state index contributed by atoms with van der Waals surface area (Å²) in [5, 5.41) is 2.75. The van der Waals surface area contributed by atoms with Crippen molar-refractivity contribution in [3.05, 3.63) is 29.8 Å². The number of carbonyl (C=O) groups is 1. The molecule has 1 N–H and O–H groups in total. The average Bonchev–Trinajstić information content (AvgIpc) is 2.46. The van der Waals surface area contributed by atoms with E-state index in [1.165, 1.54) is 12.3 Å². The molecule has 1 aliphatic rings. The number of morpholine rings is 1. The van der Waals surface area contributed by atoms with E-state index in [-0.39, 0.29) is 23.7 Å². The minimum Gasteiger partial charge on any atom is -0.373 e. The van der Waals surface area contributed by atoms with Gasteiger partial charge in [-0.25, -0.2) is 4.39 Å². The van der Waals surface area contributed by atoms with Gasteiger partial charge in [0.05, 0.1) is 24.0 Å². The van der Waals surface area contributed by atoms with Gasteiger partial charge in [-0.15, -0.1) is 0 Å². The van der Waals surface area contributed by atoms with E-state index < -0.39 is 5.82 Å². The fraction of sp³-hybridized carbons (Fsp3) is 0.625. The largest absolute Gasteiger partial charge is 0.373 e. The molecule has 22 heavy (non-hydrogen) atoms. The standard InChI is InChI=1S/C16H24FN3O2/c1-12-10-20(11-13(2)22-12)8-4-3-6-19-16(21)14-5-7-18-9-15(14)17/h5,7,9,12-13H,3-4,6,8,10-11H2,1-2H3,(H,19,21). The van der Waals surface area contributed by atoms with Crippen molar-refractivity contribution in [2.75, 3.05) is 26.2 Å². The van der Waals surface area contributed by atoms with Crippen LogP contribution < -0.4 is 5.32 Å². The predicted molar refractivity (Wildman–Crippen MR) is 82.2 cm³/mol. The number of hydrogen-bond donors (Lipinski definition) is 1. The molecule has 0 saturated carbocycles. The van der Waals surface area contributed by atoms with E-state index in [0.29, 0.717) is 6.54 Å². The maximum Gasteiger partial charge on any atom is 0.254 e. The van der Waals surface area contributed by atoms with Crippen LogP contribution in [0.25, 0.3) is 0 Å². The number of hydrogen-bond acceptors (Lipinski definition) is 4. The first kappa shape index (κ1) is 16.8. The summed E-state index contributed by atoms with van der Waals surface area (Å²) in [6, 6.07) is 1.39. The van der Waals surface area contributed by atoms with Gasteiger partial charge >= 0.3 is 0 Å². The van der Waals surface area contributed by atoms with Crippen molar-refractivity contribution in [1.29, 1.82) is 0 Å². The third kappa shape index (κ3) is 5.03. The number of amides is 1. The summed E-state index contributed by atoms with van der Waals surface area (Å²) in [7, 11) is 0. The Morgan fingerprint density at radius 3 is 2.82 bits per heavy atom. The molecule has 0 aromatic carbocycles. The first-order valence-electron chi connectivity index (χ1n) is 7.82. The van der Waals surface area contributed by atoms with E-state index in [9.17, 15) is 9.18 Å². The second kappa shape index (κ2) is 8.19. The zero-order valence-electron chi connectivity index (χ0n) is 13.2. The van der Waals surface area contributed by atoms with E-state index in [4.69, 9.17) is 4.74 Å². The highest BCUT2D eigenvalue weighted by Gasteiger charge is 2.21. The highest BCUT2D eigenvalue weighted by atomic mass is 19.1. The quantitative estimate of drug-likeness (QED) is 0.815. The zero-order valence-corrected chi connectivity index (χ0v) is 13.2. The number of carbonyl (C=O) groups excluding carboxylic acids is 1. The number of nitrogens with zero attached hydrogens (tertiary/aromatic N) is 2. The van der Waals surface area contributed by atoms with Gasteiger partial charge in [0.1, 0.15) is 0 Å². The minimum absolute atomic E-state index is 0.0471. The van der Waals surface area contributed by atoms with Crippen molar-refractivity contribution in [3.8, 4) is 0 Å². The first-order chi connectivity index (χ1) is 10.6. The Kier molecular flexibility index (Phi) is 6.27. The fourth-order valence-corrected chi connectivity index (χ4v) is 2.78. The molecular weight excluding hydrogens is 285 g/mol. The van der Waals surface area contributed by atoms with Crippen LogP contribution >= 0.6 is 0 Å². The van der Waals surface area contributed by atoms with Crippen LogP contribution in [0.3, 0.4) is 0 Å². The Hall–Kier alpha value is -1.53. The zero-order chi connectivity index (χ0) is 15.9. The Morgan fingerprint density at radius 1 is 1.41 bits per heavy atom. The Morgan fingerprint density at radius 2 is 2.14 bits per heavy atom. The van der Waals surface area contributed by atoms with Gasteiger partial charge in [-0.1, -0.05) is 0 Å². The Balaban J connectivity index is 1.63. The van der Waals surface area contributed by atoms with Crippen molar-refractivity contribution < 1.29 is 13.9 Å². The van der Waals surface area contributed by atoms with Crippen LogP contribution in [0.15, 0.2) is 18.5 Å². The summed E-state index contributed by atoms with van der Waals surface area (Å²) in [5.41, 5.74) is 0.0471. The molecule has 1 aliphatic heterocycles. The van der Waals surface area contributed by atoms with Gasteiger partial charge in [-0.05, 0) is 39.3 Å². The molecule has 2 heterocycles. The molecule has 0 radical (unpaired) electrons. The highest BCUT2D eigenvalue weighted by Crippen LogP contribution is 2.11. The summed E-state index contributed by atoms with van der Waals surface area (Å²) in [6.07, 6.45) is 4.89. The maximum absolute atomic E-state index is 13.4. The second-order valence-corrected chi connectivity index (χ2v) is 5.84. The van der Waals surface area contributed by atoms with Gasteiger partial charge in [0.25, 0.3) is 5.91 Å². The summed E-state index contributed by atoms with van der Waals surface area (Å²) in [5.74, 6) is -0.968. The molecule has 1 fully saturated rings. The van der Waals surface area contributed by atoms with Crippen LogP contribution in [-0.4, -0.2) is 54.2 Å². The minimum atomic E-state index is -0.587. The van der Waals surface area contributed by atoms with E-state index in [1.54, 1.807) is 0 Å². The molecular formula is C16H24FN3O2. The highest BCUT2D eigenvalue weighted by molar-refractivity contribution is 5.94. The maximum atomic E-state index is 13.4. The van der Waals surface area contributed by atoms with Crippen LogP contribution in [0.2, 0.25) is 0 Å². The molecule has 1 aromatic heterocycles. The number of aromatic nitrogens is 1. The normalized spacial score (nSPS) is 22.5. The summed E-state index contributed by atoms with van der Waals surface area (Å²) >= 11 is 0. The number of halogens is 1. The molecule has 122 valence electrons. The molecule has 2 unspecified atom stereocenters. The van der Waals surface area contributed by atoms with Crippen molar-refractivity contribution in [2.24, 2.45) is 0 Å². The number of rotatable bonds is 6. The van der Waals surface area contributed by atoms with E-state index >= 15 is 0 Å². The molecule has 2 atom stereocenters. The Labute approximate surface area is 130 Å². The molecule has 6 heteroatoms. The predicted octanol–water partition coefficient (Wildman–Crippen LogP) is 1.84. The van der Waals surface area contributed by atoms with Crippen molar-refractivity contribution in [3.63, 3.8) is 0 Å². The van der Waals surface area contributed by atoms with Gasteiger partial charge < -0.3 is 10.1 Å². The average molecular weight is 309 g/mol. The summed E-state index contributed by atoms with van der Waals surface area (Å²) in [4.78, 5) is 17.8. The molecule has 5 nitrogen and oxygen atoms in total. The van der Waals surface area contributed by atoms with Gasteiger partial charge in [0, 0.05) is 25.8 Å². The van der Waals surface area contributed by atoms with E-state index in [0.717, 1.165) is 38.7 Å². The SMILES string of the molecule is CC1CN(CCCCNC(=O)c2ccncc2F)CC(C)O1. The summed E-state index contributed by atoms with van der Waals surface area (Å²) in [6.45, 7) is 7.64. The fourth-order valence-electron chi connectivity index (χ4n) is 2.78. The van der Waals surface area contributed by atoms with Crippen LogP contribution in [0, 0.1) is 5.82 Å². The van der Waals surface area contributed by atoms with Crippen molar-refractivity contribution >= 4 is 5.91 Å². The van der Waals surface area contributed by atoms with E-state index in [1.807, 2.05) is 0 Å². The topological polar surface area (TPSA) is 54.5 Å². The summed E-state index contributed by atoms with van der Waals surface area (Å²) < 4.78 is 19.1. The lowest BCUT2D eigenvalue weighted by molar-refractivity contribution is -0.0681. The van der Waals surface area contributed by atoms with E-state index in [2.05, 4.69) is 29.0 Å². The van der Waals surface area contributed by atoms with Gasteiger partial charge in [0.15, 0.2) is 5.82 Å². The molecule has 0 aliphatic carbocycles. The number of nitrogens with one attached hydrogen (secondary N) is 1. The van der Waals surface area contributed by atoms with Crippen molar-refractivity contribution in [2.45, 2.75) is 38.9 Å². The van der Waals surface area contributed by atoms with Crippen LogP contribution in [0.4, 0.5) is 4.39 Å². The molecule has 1 amide bonds. The molecule has 1 aromatic rings. The van der Waals surface area contributed by atoms with Crippen LogP contribution in [0.5, 0.6) is 0 Å². The molecule has 0 spiro atoms. The van der Waals surface area contributed by atoms with Crippen LogP contribution in [-0.2, 0) is 4.74 Å². The smallest absolute Gasteiger partial charge is 0.254 e. The van der Waals surface area contributed by atoms with Gasteiger partial charge in [0.2, 0.25) is 0 Å². The lowest BCUT2D eigenvalue weighted by atomic mass is 10.2. The number of pyridine rings is 1. The van der Waals surface area contributed by atoms with Crippen LogP contribution in [0.1, 0.15) is 37.0 Å². The molecule has 0 bridgehead atoms. The van der Waals surface area contributed by atoms with Crippen molar-refractivity contribution in [1.82, 2.24) is 15.2 Å². The lowest BCUT2D eigenvalue weighted by Gasteiger charge is -2.35. The second-order valence-electron chi connectivity index (χ2n) is 5.84. The molecule has 1 saturated heterocycles. The third-order valence-electron chi connectivity index (χ3n) is 3.70.